The van der Waals surface area contributed by atoms with Crippen LogP contribution in [0.15, 0.2) is 12.2 Å². The van der Waals surface area contributed by atoms with Crippen molar-refractivity contribution in [3.05, 3.63) is 12.2 Å². The number of rotatable bonds is 4. The molecule has 2 aliphatic rings. The standard InChI is InChI=1S/C17H28O/c1-2-14-5-9-16(10-6-14)17-11-7-15(8-12-17)4-3-13-18/h3-4,13-17H,2,5-12H2,1H3. The molecule has 18 heavy (non-hydrogen) atoms. The van der Waals surface area contributed by atoms with Crippen LogP contribution in [0.3, 0.4) is 0 Å². The first-order valence-electron chi connectivity index (χ1n) is 7.95. The first-order chi connectivity index (χ1) is 8.83. The lowest BCUT2D eigenvalue weighted by Crippen LogP contribution is -2.25. The van der Waals surface area contributed by atoms with E-state index in [4.69, 9.17) is 0 Å². The third-order valence-corrected chi connectivity index (χ3v) is 5.41. The Morgan fingerprint density at radius 2 is 1.44 bits per heavy atom. The van der Waals surface area contributed by atoms with E-state index in [1.54, 1.807) is 6.08 Å². The van der Waals surface area contributed by atoms with Crippen LogP contribution in [-0.2, 0) is 4.79 Å². The van der Waals surface area contributed by atoms with E-state index in [1.807, 2.05) is 0 Å². The van der Waals surface area contributed by atoms with Crippen molar-refractivity contribution >= 4 is 6.29 Å². The molecule has 0 saturated heterocycles. The molecular weight excluding hydrogens is 220 g/mol. The van der Waals surface area contributed by atoms with E-state index in [-0.39, 0.29) is 0 Å². The summed E-state index contributed by atoms with van der Waals surface area (Å²) in [6.07, 6.45) is 17.5. The van der Waals surface area contributed by atoms with Crippen LogP contribution in [0.5, 0.6) is 0 Å². The summed E-state index contributed by atoms with van der Waals surface area (Å²) >= 11 is 0. The topological polar surface area (TPSA) is 17.1 Å². The van der Waals surface area contributed by atoms with Crippen LogP contribution in [0.25, 0.3) is 0 Å². The van der Waals surface area contributed by atoms with Crippen molar-refractivity contribution in [3.63, 3.8) is 0 Å². The molecule has 2 rings (SSSR count). The van der Waals surface area contributed by atoms with Crippen molar-refractivity contribution in [1.82, 2.24) is 0 Å². The molecule has 0 radical (unpaired) electrons. The van der Waals surface area contributed by atoms with E-state index < -0.39 is 0 Å². The highest BCUT2D eigenvalue weighted by atomic mass is 16.1. The van der Waals surface area contributed by atoms with Gasteiger partial charge in [-0.1, -0.05) is 32.3 Å². The van der Waals surface area contributed by atoms with Crippen LogP contribution in [0.2, 0.25) is 0 Å². The van der Waals surface area contributed by atoms with Crippen LogP contribution >= 0.6 is 0 Å². The van der Waals surface area contributed by atoms with E-state index in [1.165, 1.54) is 57.8 Å². The van der Waals surface area contributed by atoms with Crippen molar-refractivity contribution in [1.29, 1.82) is 0 Å². The molecule has 0 heterocycles. The predicted octanol–water partition coefficient (Wildman–Crippen LogP) is 4.76. The number of hydrogen-bond acceptors (Lipinski definition) is 1. The Kier molecular flexibility index (Phi) is 5.46. The van der Waals surface area contributed by atoms with Gasteiger partial charge < -0.3 is 0 Å². The van der Waals surface area contributed by atoms with E-state index in [0.29, 0.717) is 5.92 Å². The highest BCUT2D eigenvalue weighted by Gasteiger charge is 2.29. The van der Waals surface area contributed by atoms with Gasteiger partial charge in [0, 0.05) is 0 Å². The van der Waals surface area contributed by atoms with Gasteiger partial charge in [0.25, 0.3) is 0 Å². The normalized spacial score (nSPS) is 37.8. The van der Waals surface area contributed by atoms with Gasteiger partial charge in [-0.25, -0.2) is 0 Å². The summed E-state index contributed by atoms with van der Waals surface area (Å²) in [5, 5.41) is 0. The Hall–Kier alpha value is -0.590. The number of allylic oxidation sites excluding steroid dienone is 2. The van der Waals surface area contributed by atoms with Gasteiger partial charge in [0.1, 0.15) is 6.29 Å². The highest BCUT2D eigenvalue weighted by Crippen LogP contribution is 2.42. The van der Waals surface area contributed by atoms with Crippen molar-refractivity contribution < 1.29 is 4.79 Å². The Bertz CT molecular complexity index is 265. The number of carbonyl (C=O) groups is 1. The molecule has 0 aromatic rings. The molecule has 0 atom stereocenters. The predicted molar refractivity (Wildman–Crippen MR) is 76.4 cm³/mol. The van der Waals surface area contributed by atoms with Crippen molar-refractivity contribution in [2.45, 2.75) is 64.7 Å². The molecule has 0 bridgehead atoms. The van der Waals surface area contributed by atoms with E-state index in [0.717, 1.165) is 24.0 Å². The molecule has 0 aromatic carbocycles. The molecule has 1 heteroatoms. The molecule has 2 saturated carbocycles. The van der Waals surface area contributed by atoms with Crippen molar-refractivity contribution in [2.75, 3.05) is 0 Å². The zero-order valence-corrected chi connectivity index (χ0v) is 11.8. The maximum absolute atomic E-state index is 10.3. The molecule has 0 aliphatic heterocycles. The lowest BCUT2D eigenvalue weighted by Gasteiger charge is -2.37. The molecule has 0 amide bonds. The van der Waals surface area contributed by atoms with Crippen LogP contribution < -0.4 is 0 Å². The molecule has 0 unspecified atom stereocenters. The van der Waals surface area contributed by atoms with Crippen molar-refractivity contribution in [2.24, 2.45) is 23.7 Å². The van der Waals surface area contributed by atoms with Gasteiger partial charge in [-0.15, -0.1) is 0 Å². The first-order valence-corrected chi connectivity index (χ1v) is 7.95. The maximum Gasteiger partial charge on any atom is 0.142 e. The summed E-state index contributed by atoms with van der Waals surface area (Å²) in [5.41, 5.74) is 0. The number of hydrogen-bond donors (Lipinski definition) is 0. The van der Waals surface area contributed by atoms with Crippen molar-refractivity contribution in [3.8, 4) is 0 Å². The summed E-state index contributed by atoms with van der Waals surface area (Å²) in [4.78, 5) is 10.3. The first kappa shape index (κ1) is 13.8. The second-order valence-corrected chi connectivity index (χ2v) is 6.38. The van der Waals surface area contributed by atoms with Gasteiger partial charge in [-0.2, -0.15) is 0 Å². The molecule has 2 aliphatic carbocycles. The third-order valence-electron chi connectivity index (χ3n) is 5.41. The van der Waals surface area contributed by atoms with Crippen LogP contribution in [-0.4, -0.2) is 6.29 Å². The fourth-order valence-corrected chi connectivity index (χ4v) is 4.08. The second-order valence-electron chi connectivity index (χ2n) is 6.38. The minimum Gasteiger partial charge on any atom is -0.299 e. The zero-order valence-electron chi connectivity index (χ0n) is 11.8. The molecule has 2 fully saturated rings. The van der Waals surface area contributed by atoms with Crippen LogP contribution in [0.4, 0.5) is 0 Å². The lowest BCUT2D eigenvalue weighted by atomic mass is 9.69. The fourth-order valence-electron chi connectivity index (χ4n) is 4.08. The monoisotopic (exact) mass is 248 g/mol. The van der Waals surface area contributed by atoms with Gasteiger partial charge in [0.05, 0.1) is 0 Å². The minimum atomic E-state index is 0.679. The van der Waals surface area contributed by atoms with Gasteiger partial charge in [-0.3, -0.25) is 4.79 Å². The Morgan fingerprint density at radius 1 is 0.889 bits per heavy atom. The quantitative estimate of drug-likeness (QED) is 0.517. The van der Waals surface area contributed by atoms with E-state index in [2.05, 4.69) is 13.0 Å². The van der Waals surface area contributed by atoms with E-state index >= 15 is 0 Å². The Balaban J connectivity index is 1.73. The Labute approximate surface area is 112 Å². The van der Waals surface area contributed by atoms with Crippen LogP contribution in [0, 0.1) is 23.7 Å². The largest absolute Gasteiger partial charge is 0.299 e. The molecule has 1 nitrogen and oxygen atoms in total. The third kappa shape index (κ3) is 3.70. The summed E-state index contributed by atoms with van der Waals surface area (Å²) in [6.45, 7) is 2.34. The SMILES string of the molecule is CCC1CCC(C2CCC(C=CC=O)CC2)CC1. The van der Waals surface area contributed by atoms with Gasteiger partial charge in [-0.05, 0) is 68.3 Å². The average Bonchev–Trinajstić information content (AvgIpc) is 2.46. The molecule has 0 spiro atoms. The van der Waals surface area contributed by atoms with Crippen LogP contribution in [0.1, 0.15) is 64.7 Å². The highest BCUT2D eigenvalue weighted by molar-refractivity contribution is 5.64. The second kappa shape index (κ2) is 7.11. The average molecular weight is 248 g/mol. The minimum absolute atomic E-state index is 0.679. The maximum atomic E-state index is 10.3. The number of aldehydes is 1. The summed E-state index contributed by atoms with van der Waals surface area (Å²) in [5.74, 6) is 3.71. The van der Waals surface area contributed by atoms with Gasteiger partial charge in [0.2, 0.25) is 0 Å². The fraction of sp³-hybridized carbons (Fsp3) is 0.824. The van der Waals surface area contributed by atoms with E-state index in [9.17, 15) is 4.79 Å². The summed E-state index contributed by atoms with van der Waals surface area (Å²) in [6, 6.07) is 0. The zero-order chi connectivity index (χ0) is 12.8. The molecular formula is C17H28O. The molecule has 0 aromatic heterocycles. The lowest BCUT2D eigenvalue weighted by molar-refractivity contribution is -0.104. The summed E-state index contributed by atoms with van der Waals surface area (Å²) in [7, 11) is 0. The Morgan fingerprint density at radius 3 is 1.94 bits per heavy atom. The smallest absolute Gasteiger partial charge is 0.142 e. The summed E-state index contributed by atoms with van der Waals surface area (Å²) < 4.78 is 0. The number of carbonyl (C=O) groups excluding carboxylic acids is 1. The molecule has 102 valence electrons. The molecule has 0 N–H and O–H groups in total. The van der Waals surface area contributed by atoms with Gasteiger partial charge >= 0.3 is 0 Å². The van der Waals surface area contributed by atoms with Gasteiger partial charge in [0.15, 0.2) is 0 Å².